The van der Waals surface area contributed by atoms with Crippen molar-refractivity contribution in [1.82, 2.24) is 15.1 Å². The lowest BCUT2D eigenvalue weighted by molar-refractivity contribution is -0.136. The van der Waals surface area contributed by atoms with E-state index in [0.717, 1.165) is 36.3 Å². The van der Waals surface area contributed by atoms with Crippen LogP contribution in [0.25, 0.3) is 0 Å². The number of benzene rings is 1. The van der Waals surface area contributed by atoms with Gasteiger partial charge in [0.1, 0.15) is 6.04 Å². The molecule has 0 spiro atoms. The number of nitrogens with two attached hydrogens (primary N) is 1. The Kier molecular flexibility index (Phi) is 4.55. The van der Waals surface area contributed by atoms with E-state index in [4.69, 9.17) is 5.73 Å². The molecule has 28 heavy (non-hydrogen) atoms. The van der Waals surface area contributed by atoms with Crippen molar-refractivity contribution in [3.05, 3.63) is 34.9 Å². The van der Waals surface area contributed by atoms with E-state index in [-0.39, 0.29) is 24.3 Å². The summed E-state index contributed by atoms with van der Waals surface area (Å²) in [5.41, 5.74) is 7.70. The summed E-state index contributed by atoms with van der Waals surface area (Å²) < 4.78 is 0. The standard InChI is InChI=1S/C20H24N4O4/c1-23(11-20(21)7-2-8-20)10-12-3-4-13-14(9-12)19(28)24(18(13)27)15-5-6-16(25)22-17(15)26/h3-4,9,15H,2,5-8,10-11,21H2,1H3,(H,22,25,26). The summed E-state index contributed by atoms with van der Waals surface area (Å²) in [6.07, 6.45) is 3.48. The van der Waals surface area contributed by atoms with Gasteiger partial charge in [0.05, 0.1) is 11.1 Å². The monoisotopic (exact) mass is 384 g/mol. The molecule has 0 radical (unpaired) electrons. The van der Waals surface area contributed by atoms with E-state index in [2.05, 4.69) is 10.2 Å². The summed E-state index contributed by atoms with van der Waals surface area (Å²) in [6.45, 7) is 1.39. The first-order valence-electron chi connectivity index (χ1n) is 9.59. The van der Waals surface area contributed by atoms with Gasteiger partial charge in [-0.05, 0) is 50.4 Å². The van der Waals surface area contributed by atoms with E-state index in [0.29, 0.717) is 17.7 Å². The van der Waals surface area contributed by atoms with Crippen molar-refractivity contribution in [1.29, 1.82) is 0 Å². The summed E-state index contributed by atoms with van der Waals surface area (Å²) in [7, 11) is 1.99. The van der Waals surface area contributed by atoms with E-state index < -0.39 is 23.8 Å². The molecule has 8 heteroatoms. The molecule has 1 aromatic rings. The van der Waals surface area contributed by atoms with Gasteiger partial charge in [-0.2, -0.15) is 0 Å². The van der Waals surface area contributed by atoms with E-state index in [9.17, 15) is 19.2 Å². The van der Waals surface area contributed by atoms with E-state index in [1.54, 1.807) is 12.1 Å². The molecule has 148 valence electrons. The van der Waals surface area contributed by atoms with Gasteiger partial charge < -0.3 is 10.6 Å². The second-order valence-corrected chi connectivity index (χ2v) is 8.22. The third-order valence-electron chi connectivity index (χ3n) is 5.89. The number of likely N-dealkylation sites (N-methyl/N-ethyl adjacent to an activating group) is 1. The van der Waals surface area contributed by atoms with E-state index >= 15 is 0 Å². The van der Waals surface area contributed by atoms with Gasteiger partial charge in [-0.15, -0.1) is 0 Å². The Balaban J connectivity index is 1.51. The summed E-state index contributed by atoms with van der Waals surface area (Å²) in [6, 6.07) is 4.26. The van der Waals surface area contributed by atoms with Crippen LogP contribution in [0.15, 0.2) is 18.2 Å². The van der Waals surface area contributed by atoms with Crippen LogP contribution in [-0.2, 0) is 16.1 Å². The smallest absolute Gasteiger partial charge is 0.262 e. The Morgan fingerprint density at radius 2 is 1.89 bits per heavy atom. The minimum absolute atomic E-state index is 0.112. The van der Waals surface area contributed by atoms with Crippen molar-refractivity contribution in [2.24, 2.45) is 5.73 Å². The Morgan fingerprint density at radius 3 is 2.54 bits per heavy atom. The molecule has 1 unspecified atom stereocenters. The first-order valence-corrected chi connectivity index (χ1v) is 9.59. The number of carbonyl (C=O) groups is 4. The van der Waals surface area contributed by atoms with Crippen LogP contribution in [0.4, 0.5) is 0 Å². The number of carbonyl (C=O) groups excluding carboxylic acids is 4. The van der Waals surface area contributed by atoms with Crippen LogP contribution >= 0.6 is 0 Å². The quantitative estimate of drug-likeness (QED) is 0.711. The van der Waals surface area contributed by atoms with Gasteiger partial charge in [-0.25, -0.2) is 0 Å². The average molecular weight is 384 g/mol. The van der Waals surface area contributed by atoms with Crippen molar-refractivity contribution in [3.8, 4) is 0 Å². The minimum atomic E-state index is -0.938. The van der Waals surface area contributed by atoms with Crippen LogP contribution < -0.4 is 11.1 Å². The number of nitrogens with zero attached hydrogens (tertiary/aromatic N) is 2. The highest BCUT2D eigenvalue weighted by molar-refractivity contribution is 6.23. The molecule has 4 amide bonds. The van der Waals surface area contributed by atoms with Crippen molar-refractivity contribution in [2.75, 3.05) is 13.6 Å². The summed E-state index contributed by atoms with van der Waals surface area (Å²) in [5, 5.41) is 2.20. The fourth-order valence-electron chi connectivity index (χ4n) is 4.31. The minimum Gasteiger partial charge on any atom is -0.324 e. The van der Waals surface area contributed by atoms with Gasteiger partial charge in [0.2, 0.25) is 11.8 Å². The first kappa shape index (κ1) is 18.8. The van der Waals surface area contributed by atoms with Crippen LogP contribution in [0.1, 0.15) is 58.4 Å². The number of hydrogen-bond donors (Lipinski definition) is 2. The number of nitrogens with one attached hydrogen (secondary N) is 1. The van der Waals surface area contributed by atoms with Crippen LogP contribution in [0.5, 0.6) is 0 Å². The van der Waals surface area contributed by atoms with Gasteiger partial charge in [0.25, 0.3) is 11.8 Å². The van der Waals surface area contributed by atoms with Gasteiger partial charge in [-0.1, -0.05) is 6.07 Å². The molecular weight excluding hydrogens is 360 g/mol. The number of amides is 4. The molecule has 8 nitrogen and oxygen atoms in total. The molecule has 0 bridgehead atoms. The molecular formula is C20H24N4O4. The zero-order chi connectivity index (χ0) is 20.1. The number of rotatable bonds is 5. The van der Waals surface area contributed by atoms with Crippen LogP contribution in [0.2, 0.25) is 0 Å². The third kappa shape index (κ3) is 3.22. The zero-order valence-corrected chi connectivity index (χ0v) is 15.9. The predicted molar refractivity (Wildman–Crippen MR) is 100 cm³/mol. The average Bonchev–Trinajstić information content (AvgIpc) is 2.85. The summed E-state index contributed by atoms with van der Waals surface area (Å²) >= 11 is 0. The Bertz CT molecular complexity index is 877. The maximum Gasteiger partial charge on any atom is 0.262 e. The largest absolute Gasteiger partial charge is 0.324 e. The molecule has 3 aliphatic rings. The van der Waals surface area contributed by atoms with Gasteiger partial charge in [-0.3, -0.25) is 29.4 Å². The van der Waals surface area contributed by atoms with Crippen LogP contribution in [-0.4, -0.2) is 58.6 Å². The maximum absolute atomic E-state index is 12.9. The molecule has 1 aliphatic carbocycles. The molecule has 2 fully saturated rings. The maximum atomic E-state index is 12.9. The Morgan fingerprint density at radius 1 is 1.18 bits per heavy atom. The number of imide groups is 2. The van der Waals surface area contributed by atoms with Crippen molar-refractivity contribution in [3.63, 3.8) is 0 Å². The van der Waals surface area contributed by atoms with Crippen molar-refractivity contribution < 1.29 is 19.2 Å². The van der Waals surface area contributed by atoms with Crippen LogP contribution in [0, 0.1) is 0 Å². The van der Waals surface area contributed by atoms with Crippen LogP contribution in [0.3, 0.4) is 0 Å². The lowest BCUT2D eigenvalue weighted by Gasteiger charge is -2.41. The lowest BCUT2D eigenvalue weighted by Crippen LogP contribution is -2.54. The topological polar surface area (TPSA) is 113 Å². The molecule has 1 saturated heterocycles. The second-order valence-electron chi connectivity index (χ2n) is 8.22. The molecule has 1 atom stereocenters. The fourth-order valence-corrected chi connectivity index (χ4v) is 4.31. The molecule has 0 aromatic heterocycles. The fraction of sp³-hybridized carbons (Fsp3) is 0.500. The Labute approximate surface area is 163 Å². The SMILES string of the molecule is CN(Cc1ccc2c(c1)C(=O)N(C1CCC(=O)NC1=O)C2=O)CC1(N)CCC1. The highest BCUT2D eigenvalue weighted by Crippen LogP contribution is 2.31. The van der Waals surface area contributed by atoms with E-state index in [1.165, 1.54) is 0 Å². The number of piperidine rings is 1. The molecule has 4 rings (SSSR count). The number of hydrogen-bond acceptors (Lipinski definition) is 6. The normalized spacial score (nSPS) is 23.7. The molecule has 1 saturated carbocycles. The molecule has 2 aliphatic heterocycles. The highest BCUT2D eigenvalue weighted by atomic mass is 16.2. The molecule has 2 heterocycles. The first-order chi connectivity index (χ1) is 13.3. The highest BCUT2D eigenvalue weighted by Gasteiger charge is 2.44. The van der Waals surface area contributed by atoms with E-state index in [1.807, 2.05) is 13.1 Å². The van der Waals surface area contributed by atoms with Gasteiger partial charge >= 0.3 is 0 Å². The predicted octanol–water partition coefficient (Wildman–Crippen LogP) is 0.401. The Hall–Kier alpha value is -2.58. The molecule has 3 N–H and O–H groups in total. The van der Waals surface area contributed by atoms with Crippen molar-refractivity contribution >= 4 is 23.6 Å². The summed E-state index contributed by atoms with van der Waals surface area (Å²) in [5.74, 6) is -1.94. The third-order valence-corrected chi connectivity index (χ3v) is 5.89. The number of fused-ring (bicyclic) bond motifs is 1. The van der Waals surface area contributed by atoms with Gasteiger partial charge in [0.15, 0.2) is 0 Å². The second kappa shape index (κ2) is 6.79. The summed E-state index contributed by atoms with van der Waals surface area (Å²) in [4.78, 5) is 52.2. The molecule has 1 aromatic carbocycles. The van der Waals surface area contributed by atoms with Crippen molar-refractivity contribution in [2.45, 2.75) is 50.2 Å². The van der Waals surface area contributed by atoms with Gasteiger partial charge in [0, 0.05) is 25.0 Å². The lowest BCUT2D eigenvalue weighted by atomic mass is 9.77. The zero-order valence-electron chi connectivity index (χ0n) is 15.9.